The van der Waals surface area contributed by atoms with Crippen LogP contribution in [-0.4, -0.2) is 4.40 Å². The van der Waals surface area contributed by atoms with Crippen LogP contribution in [0.3, 0.4) is 0 Å². The summed E-state index contributed by atoms with van der Waals surface area (Å²) in [6, 6.07) is 57.7. The van der Waals surface area contributed by atoms with Gasteiger partial charge in [-0.25, -0.2) is 0 Å². The standard InChI is InChI=1S/C52H39N/c1-30(2)33-18-20-35-28-48-44(24-37(35)22-33)46-26-39(27-47-45-25-38-23-34(31(3)4)19-21-36(38)29-49(45)53(48)52(46)47)51-42-16-10-8-14-40(42)50(32-12-6-5-7-13-32)41-15-9-11-17-43(41)51/h5-31H,1-4H3. The maximum atomic E-state index is 2.55. The minimum Gasteiger partial charge on any atom is -0.308 e. The van der Waals surface area contributed by atoms with Gasteiger partial charge in [0.2, 0.25) is 0 Å². The number of benzene rings is 9. The van der Waals surface area contributed by atoms with E-state index in [0.717, 1.165) is 0 Å². The molecule has 2 heterocycles. The number of rotatable bonds is 4. The molecule has 53 heavy (non-hydrogen) atoms. The topological polar surface area (TPSA) is 4.41 Å². The molecular formula is C52H39N. The minimum absolute atomic E-state index is 0.477. The molecule has 9 aromatic carbocycles. The lowest BCUT2D eigenvalue weighted by molar-refractivity contribution is 0.869. The van der Waals surface area contributed by atoms with E-state index in [1.165, 1.54) is 115 Å². The molecule has 0 N–H and O–H groups in total. The van der Waals surface area contributed by atoms with Crippen molar-refractivity contribution in [3.8, 4) is 22.3 Å². The molecule has 1 nitrogen and oxygen atoms in total. The molecule has 1 heteroatoms. The zero-order chi connectivity index (χ0) is 35.5. The molecule has 0 bridgehead atoms. The van der Waals surface area contributed by atoms with Crippen molar-refractivity contribution < 1.29 is 0 Å². The van der Waals surface area contributed by atoms with Gasteiger partial charge in [-0.3, -0.25) is 0 Å². The molecule has 0 unspecified atom stereocenters. The van der Waals surface area contributed by atoms with E-state index in [0.29, 0.717) is 11.8 Å². The minimum atomic E-state index is 0.477. The Morgan fingerprint density at radius 2 is 0.774 bits per heavy atom. The van der Waals surface area contributed by atoms with Crippen molar-refractivity contribution in [3.63, 3.8) is 0 Å². The molecular weight excluding hydrogens is 639 g/mol. The van der Waals surface area contributed by atoms with Crippen LogP contribution in [0.2, 0.25) is 0 Å². The van der Waals surface area contributed by atoms with E-state index in [-0.39, 0.29) is 0 Å². The lowest BCUT2D eigenvalue weighted by Crippen LogP contribution is -1.91. The van der Waals surface area contributed by atoms with E-state index in [4.69, 9.17) is 0 Å². The summed E-state index contributed by atoms with van der Waals surface area (Å²) in [4.78, 5) is 0. The summed E-state index contributed by atoms with van der Waals surface area (Å²) in [5.41, 5.74) is 11.7. The first kappa shape index (κ1) is 30.4. The predicted molar refractivity (Wildman–Crippen MR) is 230 cm³/mol. The molecule has 0 saturated heterocycles. The van der Waals surface area contributed by atoms with Crippen molar-refractivity contribution in [3.05, 3.63) is 163 Å². The van der Waals surface area contributed by atoms with E-state index in [9.17, 15) is 0 Å². The second-order valence-electron chi connectivity index (χ2n) is 15.7. The number of hydrogen-bond acceptors (Lipinski definition) is 0. The summed E-state index contributed by atoms with van der Waals surface area (Å²) in [6.45, 7) is 9.13. The van der Waals surface area contributed by atoms with Crippen molar-refractivity contribution in [1.29, 1.82) is 0 Å². The molecule has 0 saturated carbocycles. The van der Waals surface area contributed by atoms with Crippen LogP contribution in [0.4, 0.5) is 0 Å². The molecule has 2 aromatic heterocycles. The second kappa shape index (κ2) is 11.2. The highest BCUT2D eigenvalue weighted by molar-refractivity contribution is 6.29. The fraction of sp³-hybridized carbons (Fsp3) is 0.115. The van der Waals surface area contributed by atoms with Crippen LogP contribution < -0.4 is 0 Å². The first-order valence-electron chi connectivity index (χ1n) is 19.1. The van der Waals surface area contributed by atoms with Gasteiger partial charge in [0.05, 0.1) is 16.6 Å². The van der Waals surface area contributed by atoms with Gasteiger partial charge in [0, 0.05) is 21.5 Å². The summed E-state index contributed by atoms with van der Waals surface area (Å²) >= 11 is 0. The summed E-state index contributed by atoms with van der Waals surface area (Å²) in [5, 5.41) is 15.6. The third-order valence-electron chi connectivity index (χ3n) is 12.0. The summed E-state index contributed by atoms with van der Waals surface area (Å²) in [6.07, 6.45) is 0. The van der Waals surface area contributed by atoms with Gasteiger partial charge in [0.15, 0.2) is 0 Å². The molecule has 0 fully saturated rings. The van der Waals surface area contributed by atoms with E-state index < -0.39 is 0 Å². The first-order valence-corrected chi connectivity index (χ1v) is 19.1. The van der Waals surface area contributed by atoms with Crippen LogP contribution in [0, 0.1) is 0 Å². The number of hydrogen-bond donors (Lipinski definition) is 0. The SMILES string of the molecule is CC(C)c1ccc2cc3c(cc2c1)c1cc(-c2c4ccccc4c(-c4ccccc4)c4ccccc24)cc2c4cc5cc(C(C)C)ccc5cc4n3c12. The van der Waals surface area contributed by atoms with Gasteiger partial charge in [-0.2, -0.15) is 0 Å². The molecule has 0 aliphatic heterocycles. The van der Waals surface area contributed by atoms with Crippen LogP contribution in [-0.2, 0) is 0 Å². The van der Waals surface area contributed by atoms with Crippen LogP contribution in [0.5, 0.6) is 0 Å². The monoisotopic (exact) mass is 677 g/mol. The number of aromatic nitrogens is 1. The molecule has 0 aliphatic rings. The molecule has 0 amide bonds. The molecule has 252 valence electrons. The average molecular weight is 678 g/mol. The van der Waals surface area contributed by atoms with Crippen molar-refractivity contribution in [2.75, 3.05) is 0 Å². The highest BCUT2D eigenvalue weighted by atomic mass is 14.9. The van der Waals surface area contributed by atoms with E-state index in [1.807, 2.05) is 0 Å². The van der Waals surface area contributed by atoms with Crippen molar-refractivity contribution in [2.45, 2.75) is 39.5 Å². The smallest absolute Gasteiger partial charge is 0.0620 e. The molecule has 0 radical (unpaired) electrons. The van der Waals surface area contributed by atoms with E-state index in [2.05, 4.69) is 184 Å². The second-order valence-corrected chi connectivity index (χ2v) is 15.7. The predicted octanol–water partition coefficient (Wildman–Crippen LogP) is 15.0. The third-order valence-corrected chi connectivity index (χ3v) is 12.0. The molecule has 11 rings (SSSR count). The maximum absolute atomic E-state index is 2.55. The Labute approximate surface area is 309 Å². The lowest BCUT2D eigenvalue weighted by Gasteiger charge is -2.18. The molecule has 11 aromatic rings. The Bertz CT molecular complexity index is 3080. The zero-order valence-electron chi connectivity index (χ0n) is 30.5. The fourth-order valence-corrected chi connectivity index (χ4v) is 9.28. The highest BCUT2D eigenvalue weighted by Crippen LogP contribution is 2.48. The Balaban J connectivity index is 1.32. The normalized spacial score (nSPS) is 12.5. The van der Waals surface area contributed by atoms with Crippen LogP contribution in [0.25, 0.3) is 103 Å². The van der Waals surface area contributed by atoms with Crippen LogP contribution in [0.1, 0.15) is 50.7 Å². The van der Waals surface area contributed by atoms with Crippen LogP contribution in [0.15, 0.2) is 152 Å². The zero-order valence-corrected chi connectivity index (χ0v) is 30.5. The third kappa shape index (κ3) is 4.37. The lowest BCUT2D eigenvalue weighted by atomic mass is 9.85. The molecule has 0 spiro atoms. The van der Waals surface area contributed by atoms with E-state index in [1.54, 1.807) is 0 Å². The number of fused-ring (bicyclic) bond motifs is 10. The van der Waals surface area contributed by atoms with Crippen LogP contribution >= 0.6 is 0 Å². The molecule has 0 atom stereocenters. The summed E-state index contributed by atoms with van der Waals surface area (Å²) in [7, 11) is 0. The first-order chi connectivity index (χ1) is 25.9. The highest BCUT2D eigenvalue weighted by Gasteiger charge is 2.23. The fourth-order valence-electron chi connectivity index (χ4n) is 9.28. The van der Waals surface area contributed by atoms with Gasteiger partial charge in [-0.15, -0.1) is 0 Å². The Kier molecular flexibility index (Phi) is 6.41. The van der Waals surface area contributed by atoms with Gasteiger partial charge in [0.25, 0.3) is 0 Å². The molecule has 0 aliphatic carbocycles. The Morgan fingerprint density at radius 3 is 1.23 bits per heavy atom. The Morgan fingerprint density at radius 1 is 0.340 bits per heavy atom. The van der Waals surface area contributed by atoms with Crippen molar-refractivity contribution in [2.24, 2.45) is 0 Å². The van der Waals surface area contributed by atoms with Gasteiger partial charge in [-0.1, -0.05) is 143 Å². The van der Waals surface area contributed by atoms with Gasteiger partial charge in [-0.05, 0) is 125 Å². The van der Waals surface area contributed by atoms with Gasteiger partial charge >= 0.3 is 0 Å². The Hall–Kier alpha value is -6.18. The van der Waals surface area contributed by atoms with Gasteiger partial charge < -0.3 is 4.40 Å². The number of nitrogens with zero attached hydrogens (tertiary/aromatic N) is 1. The average Bonchev–Trinajstić information content (AvgIpc) is 3.68. The van der Waals surface area contributed by atoms with E-state index >= 15 is 0 Å². The summed E-state index contributed by atoms with van der Waals surface area (Å²) in [5.74, 6) is 0.954. The van der Waals surface area contributed by atoms with Gasteiger partial charge in [0.1, 0.15) is 0 Å². The van der Waals surface area contributed by atoms with Crippen molar-refractivity contribution in [1.82, 2.24) is 4.40 Å². The largest absolute Gasteiger partial charge is 0.308 e. The van der Waals surface area contributed by atoms with Crippen molar-refractivity contribution >= 4 is 81.2 Å². The maximum Gasteiger partial charge on any atom is 0.0620 e. The summed E-state index contributed by atoms with van der Waals surface area (Å²) < 4.78 is 2.55. The quantitative estimate of drug-likeness (QED) is 0.163.